The van der Waals surface area contributed by atoms with Crippen LogP contribution >= 0.6 is 11.8 Å². The van der Waals surface area contributed by atoms with Gasteiger partial charge >= 0.3 is 18.3 Å². The van der Waals surface area contributed by atoms with Gasteiger partial charge in [-0.1, -0.05) is 45.1 Å². The second kappa shape index (κ2) is 10.5. The first kappa shape index (κ1) is 28.7. The number of amides is 1. The number of carboxylic acids is 1. The fraction of sp³-hybridized carbons (Fsp3) is 0.440. The summed E-state index contributed by atoms with van der Waals surface area (Å²) in [5.74, 6) is -3.22. The van der Waals surface area contributed by atoms with Gasteiger partial charge in [0.15, 0.2) is 0 Å². The number of alkyl halides is 6. The lowest BCUT2D eigenvalue weighted by Crippen LogP contribution is -2.50. The number of fused-ring (bicyclic) bond motifs is 1. The van der Waals surface area contributed by atoms with Gasteiger partial charge in [0.1, 0.15) is 18.4 Å². The average molecular weight is 550 g/mol. The van der Waals surface area contributed by atoms with Crippen LogP contribution in [0.1, 0.15) is 38.3 Å². The van der Waals surface area contributed by atoms with Crippen molar-refractivity contribution in [3.8, 4) is 0 Å². The van der Waals surface area contributed by atoms with Gasteiger partial charge in [0.05, 0.1) is 22.0 Å². The van der Waals surface area contributed by atoms with Crippen molar-refractivity contribution in [2.45, 2.75) is 57.4 Å². The van der Waals surface area contributed by atoms with Gasteiger partial charge in [0.2, 0.25) is 0 Å². The molecule has 3 rings (SSSR count). The Kier molecular flexibility index (Phi) is 8.11. The summed E-state index contributed by atoms with van der Waals surface area (Å²) in [7, 11) is 0. The maximum absolute atomic E-state index is 13.4. The third-order valence-corrected chi connectivity index (χ3v) is 7.73. The van der Waals surface area contributed by atoms with Crippen LogP contribution in [0.15, 0.2) is 58.7 Å². The molecule has 0 saturated carbocycles. The number of carbonyl (C=O) groups is 2. The van der Waals surface area contributed by atoms with Crippen molar-refractivity contribution in [1.82, 2.24) is 5.32 Å². The summed E-state index contributed by atoms with van der Waals surface area (Å²) < 4.78 is 84.5. The largest absolute Gasteiger partial charge is 0.492 e. The Balaban J connectivity index is 1.95. The van der Waals surface area contributed by atoms with Crippen LogP contribution in [-0.4, -0.2) is 34.5 Å². The van der Waals surface area contributed by atoms with Crippen molar-refractivity contribution in [1.29, 1.82) is 0 Å². The van der Waals surface area contributed by atoms with Gasteiger partial charge in [-0.2, -0.15) is 26.3 Å². The normalized spacial score (nSPS) is 20.8. The molecule has 0 radical (unpaired) electrons. The van der Waals surface area contributed by atoms with E-state index in [1.807, 2.05) is 0 Å². The van der Waals surface area contributed by atoms with E-state index in [0.29, 0.717) is 23.7 Å². The molecule has 1 aromatic carbocycles. The van der Waals surface area contributed by atoms with E-state index in [0.717, 1.165) is 18.2 Å². The van der Waals surface area contributed by atoms with Crippen LogP contribution in [0.25, 0.3) is 0 Å². The molecule has 37 heavy (non-hydrogen) atoms. The molecular formula is C25H25F6NO4S. The van der Waals surface area contributed by atoms with Crippen LogP contribution in [0, 0.1) is 11.3 Å². The van der Waals surface area contributed by atoms with Gasteiger partial charge in [-0.25, -0.2) is 4.79 Å². The van der Waals surface area contributed by atoms with Crippen molar-refractivity contribution in [2.75, 3.05) is 0 Å². The lowest BCUT2D eigenvalue weighted by atomic mass is 9.81. The quantitative estimate of drug-likeness (QED) is 0.376. The van der Waals surface area contributed by atoms with Gasteiger partial charge in [0, 0.05) is 5.25 Å². The van der Waals surface area contributed by atoms with E-state index in [-0.39, 0.29) is 17.9 Å². The lowest BCUT2D eigenvalue weighted by Gasteiger charge is -2.32. The molecular weight excluding hydrogens is 524 g/mol. The number of aliphatic carboxylic acids is 1. The third-order valence-electron chi connectivity index (χ3n) is 6.38. The summed E-state index contributed by atoms with van der Waals surface area (Å²) in [5.41, 5.74) is -1.56. The van der Waals surface area contributed by atoms with E-state index in [4.69, 9.17) is 4.74 Å². The Morgan fingerprint density at radius 1 is 1.08 bits per heavy atom. The third kappa shape index (κ3) is 6.52. The van der Waals surface area contributed by atoms with E-state index in [1.54, 1.807) is 20.8 Å². The van der Waals surface area contributed by atoms with Crippen molar-refractivity contribution in [3.05, 3.63) is 69.9 Å². The highest BCUT2D eigenvalue weighted by Crippen LogP contribution is 2.50. The van der Waals surface area contributed by atoms with E-state index >= 15 is 0 Å². The molecule has 1 aliphatic heterocycles. The number of halogens is 6. The molecule has 5 nitrogen and oxygen atoms in total. The van der Waals surface area contributed by atoms with Crippen LogP contribution in [0.2, 0.25) is 0 Å². The molecule has 0 bridgehead atoms. The first-order valence-corrected chi connectivity index (χ1v) is 12.1. The summed E-state index contributed by atoms with van der Waals surface area (Å²) in [6, 6.07) is 2.75. The molecule has 0 fully saturated rings. The Labute approximate surface area is 213 Å². The van der Waals surface area contributed by atoms with Gasteiger partial charge < -0.3 is 15.2 Å². The summed E-state index contributed by atoms with van der Waals surface area (Å²) >= 11 is 0.556. The predicted octanol–water partition coefficient (Wildman–Crippen LogP) is 6.23. The maximum Gasteiger partial charge on any atom is 0.421 e. The minimum Gasteiger partial charge on any atom is -0.492 e. The maximum atomic E-state index is 13.4. The number of thioether (sulfide) groups is 1. The highest BCUT2D eigenvalue weighted by atomic mass is 32.2. The summed E-state index contributed by atoms with van der Waals surface area (Å²) in [5, 5.41) is 11.4. The van der Waals surface area contributed by atoms with Crippen molar-refractivity contribution >= 4 is 23.6 Å². The zero-order chi connectivity index (χ0) is 27.8. The zero-order valence-electron chi connectivity index (χ0n) is 20.0. The van der Waals surface area contributed by atoms with E-state index < -0.39 is 57.3 Å². The molecule has 2 aliphatic rings. The monoisotopic (exact) mass is 549 g/mol. The second-order valence-electron chi connectivity index (χ2n) is 9.34. The highest BCUT2D eigenvalue weighted by molar-refractivity contribution is 8.04. The molecule has 3 atom stereocenters. The Morgan fingerprint density at radius 2 is 1.70 bits per heavy atom. The molecule has 202 valence electrons. The Hall–Kier alpha value is -2.89. The van der Waals surface area contributed by atoms with Crippen LogP contribution < -0.4 is 5.32 Å². The predicted molar refractivity (Wildman–Crippen MR) is 125 cm³/mol. The van der Waals surface area contributed by atoms with Gasteiger partial charge in [-0.15, -0.1) is 11.8 Å². The minimum atomic E-state index is -4.61. The molecule has 2 N–H and O–H groups in total. The number of benzene rings is 1. The topological polar surface area (TPSA) is 75.6 Å². The molecule has 1 aliphatic carbocycles. The Bertz CT molecular complexity index is 1140. The first-order chi connectivity index (χ1) is 17.0. The zero-order valence-corrected chi connectivity index (χ0v) is 20.9. The number of carboxylic acid groups (broad SMARTS) is 1. The van der Waals surface area contributed by atoms with Crippen LogP contribution in [0.5, 0.6) is 0 Å². The number of ether oxygens (including phenoxy) is 1. The molecule has 12 heteroatoms. The number of allylic oxidation sites excluding steroid dienone is 2. The number of carbonyl (C=O) groups excluding carboxylic acids is 1. The smallest absolute Gasteiger partial charge is 0.421 e. The van der Waals surface area contributed by atoms with E-state index in [9.17, 15) is 41.0 Å². The van der Waals surface area contributed by atoms with E-state index in [1.165, 1.54) is 24.3 Å². The van der Waals surface area contributed by atoms with Crippen LogP contribution in [0.4, 0.5) is 26.3 Å². The SMILES string of the molecule is CCC(C)(C)[C@H](NC(=O)C1=C(OCc2ccc(C(F)(F)F)cc2)C2C=C(C(F)(F)F)SC2C=C1)C(=O)O. The summed E-state index contributed by atoms with van der Waals surface area (Å²) in [6.07, 6.45) is -5.09. The number of nitrogens with one attached hydrogen (secondary N) is 1. The molecule has 1 aromatic rings. The van der Waals surface area contributed by atoms with Crippen molar-refractivity contribution in [3.63, 3.8) is 0 Å². The molecule has 1 amide bonds. The van der Waals surface area contributed by atoms with Gasteiger partial charge in [-0.05, 0) is 35.6 Å². The highest BCUT2D eigenvalue weighted by Gasteiger charge is 2.45. The van der Waals surface area contributed by atoms with Gasteiger partial charge in [-0.3, -0.25) is 4.79 Å². The standard InChI is InChI=1S/C25H25F6NO4S/c1-4-23(2,3)20(22(34)35)32-21(33)15-9-10-17-16(11-18(37-17)25(29,30)31)19(15)36-12-13-5-7-14(8-6-13)24(26,27)28/h5-11,16-17,20H,4,12H2,1-3H3,(H,32,33)(H,34,35)/t16?,17?,20-/m1/s1. The van der Waals surface area contributed by atoms with Crippen LogP contribution in [-0.2, 0) is 27.1 Å². The molecule has 2 unspecified atom stereocenters. The molecule has 0 spiro atoms. The van der Waals surface area contributed by atoms with Crippen LogP contribution in [0.3, 0.4) is 0 Å². The van der Waals surface area contributed by atoms with E-state index in [2.05, 4.69) is 5.32 Å². The fourth-order valence-electron chi connectivity index (χ4n) is 3.83. The Morgan fingerprint density at radius 3 is 2.22 bits per heavy atom. The number of hydrogen-bond donors (Lipinski definition) is 2. The summed E-state index contributed by atoms with van der Waals surface area (Å²) in [6.45, 7) is 4.75. The molecule has 1 heterocycles. The minimum absolute atomic E-state index is 0.116. The number of rotatable bonds is 8. The molecule has 0 aromatic heterocycles. The second-order valence-corrected chi connectivity index (χ2v) is 10.6. The first-order valence-electron chi connectivity index (χ1n) is 11.2. The number of hydrogen-bond acceptors (Lipinski definition) is 4. The molecule has 0 saturated heterocycles. The summed E-state index contributed by atoms with van der Waals surface area (Å²) in [4.78, 5) is 24.2. The lowest BCUT2D eigenvalue weighted by molar-refractivity contribution is -0.144. The van der Waals surface area contributed by atoms with Crippen molar-refractivity contribution in [2.24, 2.45) is 11.3 Å². The van der Waals surface area contributed by atoms with Crippen molar-refractivity contribution < 1.29 is 45.8 Å². The fourth-order valence-corrected chi connectivity index (χ4v) is 4.99. The average Bonchev–Trinajstić information content (AvgIpc) is 3.25. The van der Waals surface area contributed by atoms with Gasteiger partial charge in [0.25, 0.3) is 5.91 Å².